The molecule has 0 aliphatic carbocycles. The first kappa shape index (κ1) is 14.3. The molecule has 1 aromatic carbocycles. The van der Waals surface area contributed by atoms with Gasteiger partial charge in [-0.2, -0.15) is 0 Å². The van der Waals surface area contributed by atoms with Crippen LogP contribution in [0, 0.1) is 0 Å². The molecule has 1 aromatic heterocycles. The molecule has 0 spiro atoms. The highest BCUT2D eigenvalue weighted by Crippen LogP contribution is 2.16. The maximum absolute atomic E-state index is 12.1. The molecule has 1 saturated heterocycles. The summed E-state index contributed by atoms with van der Waals surface area (Å²) in [7, 11) is -2.93. The number of benzene rings is 1. The van der Waals surface area contributed by atoms with Crippen molar-refractivity contribution >= 4 is 20.7 Å². The number of H-pyrrole nitrogens is 1. The van der Waals surface area contributed by atoms with Crippen LogP contribution in [0.15, 0.2) is 35.1 Å². The number of pyridine rings is 1. The summed E-state index contributed by atoms with van der Waals surface area (Å²) in [5, 5.41) is 0.990. The third-order valence-electron chi connectivity index (χ3n) is 4.01. The number of rotatable bonds is 2. The van der Waals surface area contributed by atoms with Gasteiger partial charge in [-0.1, -0.05) is 18.2 Å². The Bertz CT molecular complexity index is 826. The number of nitrogens with one attached hydrogen (secondary N) is 1. The van der Waals surface area contributed by atoms with Crippen molar-refractivity contribution in [3.63, 3.8) is 0 Å². The van der Waals surface area contributed by atoms with E-state index in [9.17, 15) is 13.2 Å². The van der Waals surface area contributed by atoms with E-state index in [1.54, 1.807) is 0 Å². The van der Waals surface area contributed by atoms with Crippen molar-refractivity contribution in [2.45, 2.75) is 19.5 Å². The first-order chi connectivity index (χ1) is 9.94. The molecule has 1 fully saturated rings. The van der Waals surface area contributed by atoms with E-state index in [1.165, 1.54) is 0 Å². The van der Waals surface area contributed by atoms with Gasteiger partial charge in [-0.05, 0) is 24.4 Å². The molecular formula is C15H18N2O3S. The van der Waals surface area contributed by atoms with Gasteiger partial charge in [0, 0.05) is 30.2 Å². The molecular weight excluding hydrogens is 288 g/mol. The molecule has 21 heavy (non-hydrogen) atoms. The van der Waals surface area contributed by atoms with E-state index >= 15 is 0 Å². The van der Waals surface area contributed by atoms with Gasteiger partial charge in [0.25, 0.3) is 5.56 Å². The predicted octanol–water partition coefficient (Wildman–Crippen LogP) is 1.15. The molecule has 1 aliphatic rings. The summed E-state index contributed by atoms with van der Waals surface area (Å²) >= 11 is 0. The maximum atomic E-state index is 12.1. The fraction of sp³-hybridized carbons (Fsp3) is 0.400. The summed E-state index contributed by atoms with van der Waals surface area (Å²) in [6.07, 6.45) is 0. The van der Waals surface area contributed by atoms with Gasteiger partial charge >= 0.3 is 0 Å². The van der Waals surface area contributed by atoms with E-state index in [-0.39, 0.29) is 23.1 Å². The number of fused-ring (bicyclic) bond motifs is 1. The standard InChI is InChI=1S/C15H18N2O3S/c1-11-10-21(19,20)7-6-17(11)9-13-8-12-4-2-3-5-14(12)16-15(13)18/h2-5,8,11H,6-7,9-10H2,1H3,(H,16,18). The molecule has 6 heteroatoms. The first-order valence-electron chi connectivity index (χ1n) is 7.00. The largest absolute Gasteiger partial charge is 0.322 e. The van der Waals surface area contributed by atoms with E-state index in [2.05, 4.69) is 9.88 Å². The smallest absolute Gasteiger partial charge is 0.252 e. The van der Waals surface area contributed by atoms with Crippen molar-refractivity contribution in [3.05, 3.63) is 46.2 Å². The molecule has 0 saturated carbocycles. The van der Waals surface area contributed by atoms with Gasteiger partial charge in [-0.25, -0.2) is 8.42 Å². The van der Waals surface area contributed by atoms with Crippen LogP contribution in [-0.4, -0.2) is 42.4 Å². The van der Waals surface area contributed by atoms with Crippen LogP contribution in [0.2, 0.25) is 0 Å². The first-order valence-corrected chi connectivity index (χ1v) is 8.82. The average molecular weight is 306 g/mol. The van der Waals surface area contributed by atoms with Crippen molar-refractivity contribution in [3.8, 4) is 0 Å². The number of aromatic amines is 1. The molecule has 1 aliphatic heterocycles. The molecule has 2 heterocycles. The van der Waals surface area contributed by atoms with Crippen molar-refractivity contribution in [1.82, 2.24) is 9.88 Å². The summed E-state index contributed by atoms with van der Waals surface area (Å²) in [4.78, 5) is 17.1. The second kappa shape index (κ2) is 5.27. The van der Waals surface area contributed by atoms with Gasteiger partial charge in [0.1, 0.15) is 0 Å². The maximum Gasteiger partial charge on any atom is 0.252 e. The van der Waals surface area contributed by atoms with Crippen LogP contribution in [0.3, 0.4) is 0 Å². The van der Waals surface area contributed by atoms with Crippen molar-refractivity contribution in [1.29, 1.82) is 0 Å². The van der Waals surface area contributed by atoms with Gasteiger partial charge in [0.05, 0.1) is 11.5 Å². The quantitative estimate of drug-likeness (QED) is 0.903. The summed E-state index contributed by atoms with van der Waals surface area (Å²) in [5.74, 6) is 0.335. The fourth-order valence-electron chi connectivity index (χ4n) is 2.80. The lowest BCUT2D eigenvalue weighted by atomic mass is 10.1. The Kier molecular flexibility index (Phi) is 3.59. The van der Waals surface area contributed by atoms with Crippen LogP contribution in [-0.2, 0) is 16.4 Å². The van der Waals surface area contributed by atoms with E-state index in [1.807, 2.05) is 37.3 Å². The van der Waals surface area contributed by atoms with Crippen LogP contribution in [0.25, 0.3) is 10.9 Å². The Morgan fingerprint density at radius 1 is 1.33 bits per heavy atom. The lowest BCUT2D eigenvalue weighted by Gasteiger charge is -2.32. The molecule has 1 N–H and O–H groups in total. The molecule has 1 unspecified atom stereocenters. The Morgan fingerprint density at radius 3 is 2.86 bits per heavy atom. The Morgan fingerprint density at radius 2 is 2.10 bits per heavy atom. The zero-order chi connectivity index (χ0) is 15.0. The fourth-order valence-corrected chi connectivity index (χ4v) is 4.42. The van der Waals surface area contributed by atoms with E-state index in [0.29, 0.717) is 18.7 Å². The minimum absolute atomic E-state index is 0.0605. The van der Waals surface area contributed by atoms with Crippen LogP contribution in [0.1, 0.15) is 12.5 Å². The number of hydrogen-bond donors (Lipinski definition) is 1. The Hall–Kier alpha value is -1.66. The van der Waals surface area contributed by atoms with Gasteiger partial charge in [0.15, 0.2) is 9.84 Å². The lowest BCUT2D eigenvalue weighted by Crippen LogP contribution is -2.46. The number of para-hydroxylation sites is 1. The summed E-state index contributed by atoms with van der Waals surface area (Å²) < 4.78 is 23.2. The topological polar surface area (TPSA) is 70.2 Å². The van der Waals surface area contributed by atoms with Crippen molar-refractivity contribution in [2.75, 3.05) is 18.1 Å². The average Bonchev–Trinajstić information content (AvgIpc) is 2.42. The molecule has 112 valence electrons. The van der Waals surface area contributed by atoms with Gasteiger partial charge in [-0.3, -0.25) is 9.69 Å². The molecule has 5 nitrogen and oxygen atoms in total. The Labute approximate surface area is 123 Å². The zero-order valence-corrected chi connectivity index (χ0v) is 12.7. The summed E-state index contributed by atoms with van der Waals surface area (Å²) in [6, 6.07) is 9.48. The van der Waals surface area contributed by atoms with Crippen molar-refractivity contribution < 1.29 is 8.42 Å². The second-order valence-electron chi connectivity index (χ2n) is 5.64. The lowest BCUT2D eigenvalue weighted by molar-refractivity contribution is 0.217. The molecule has 0 amide bonds. The highest BCUT2D eigenvalue weighted by molar-refractivity contribution is 7.91. The predicted molar refractivity (Wildman–Crippen MR) is 83.1 cm³/mol. The minimum Gasteiger partial charge on any atom is -0.322 e. The zero-order valence-electron chi connectivity index (χ0n) is 11.9. The normalized spacial score (nSPS) is 22.4. The molecule has 3 rings (SSSR count). The number of aromatic nitrogens is 1. The molecule has 0 radical (unpaired) electrons. The van der Waals surface area contributed by atoms with Crippen molar-refractivity contribution in [2.24, 2.45) is 0 Å². The highest BCUT2D eigenvalue weighted by atomic mass is 32.2. The van der Waals surface area contributed by atoms with E-state index < -0.39 is 9.84 Å². The SMILES string of the molecule is CC1CS(=O)(=O)CCN1Cc1cc2ccccc2[nH]c1=O. The minimum atomic E-state index is -2.93. The molecule has 2 aromatic rings. The van der Waals surface area contributed by atoms with Gasteiger partial charge in [0.2, 0.25) is 0 Å². The van der Waals surface area contributed by atoms with Crippen LogP contribution in [0.4, 0.5) is 0 Å². The number of nitrogens with zero attached hydrogens (tertiary/aromatic N) is 1. The van der Waals surface area contributed by atoms with E-state index in [0.717, 1.165) is 10.9 Å². The van der Waals surface area contributed by atoms with Crippen LogP contribution >= 0.6 is 0 Å². The Balaban J connectivity index is 1.88. The third-order valence-corrected chi connectivity index (χ3v) is 5.81. The molecule has 1 atom stereocenters. The molecule has 0 bridgehead atoms. The summed E-state index contributed by atoms with van der Waals surface area (Å²) in [6.45, 7) is 2.86. The third kappa shape index (κ3) is 3.01. The highest BCUT2D eigenvalue weighted by Gasteiger charge is 2.28. The van der Waals surface area contributed by atoms with Gasteiger partial charge in [-0.15, -0.1) is 0 Å². The van der Waals surface area contributed by atoms with Crippen LogP contribution in [0.5, 0.6) is 0 Å². The number of hydrogen-bond acceptors (Lipinski definition) is 4. The van der Waals surface area contributed by atoms with E-state index in [4.69, 9.17) is 0 Å². The second-order valence-corrected chi connectivity index (χ2v) is 7.87. The summed E-state index contributed by atoms with van der Waals surface area (Å²) in [5.41, 5.74) is 1.40. The monoisotopic (exact) mass is 306 g/mol. The van der Waals surface area contributed by atoms with Gasteiger partial charge < -0.3 is 4.98 Å². The van der Waals surface area contributed by atoms with Crippen LogP contribution < -0.4 is 5.56 Å². The number of sulfone groups is 1.